The molecule has 0 saturated carbocycles. The van der Waals surface area contributed by atoms with Crippen molar-refractivity contribution >= 4 is 5.91 Å². The molecule has 7 heteroatoms. The molecule has 0 aliphatic heterocycles. The van der Waals surface area contributed by atoms with E-state index in [0.29, 0.717) is 48.5 Å². The number of carbonyl (C=O) groups is 1. The van der Waals surface area contributed by atoms with E-state index in [0.717, 1.165) is 5.56 Å². The molecule has 0 radical (unpaired) electrons. The normalized spacial score (nSPS) is 10.7. The highest BCUT2D eigenvalue weighted by atomic mass is 16.5. The molecular weight excluding hydrogens is 310 g/mol. The third-order valence-electron chi connectivity index (χ3n) is 3.33. The summed E-state index contributed by atoms with van der Waals surface area (Å²) in [5.74, 6) is 2.59. The lowest BCUT2D eigenvalue weighted by molar-refractivity contribution is -0.121. The zero-order chi connectivity index (χ0) is 17.5. The van der Waals surface area contributed by atoms with Gasteiger partial charge in [0.2, 0.25) is 17.6 Å². The summed E-state index contributed by atoms with van der Waals surface area (Å²) in [5, 5.41) is 6.81. The van der Waals surface area contributed by atoms with Gasteiger partial charge in [-0.15, -0.1) is 0 Å². The molecular formula is C17H23N3O4. The number of amides is 1. The second-order valence-electron chi connectivity index (χ2n) is 5.81. The van der Waals surface area contributed by atoms with Crippen molar-refractivity contribution in [2.45, 2.75) is 26.7 Å². The maximum Gasteiger partial charge on any atom is 0.228 e. The molecule has 1 heterocycles. The van der Waals surface area contributed by atoms with Crippen molar-refractivity contribution in [1.29, 1.82) is 0 Å². The molecule has 1 N–H and O–H groups in total. The molecule has 2 rings (SSSR count). The molecule has 1 aromatic carbocycles. The Labute approximate surface area is 141 Å². The van der Waals surface area contributed by atoms with Gasteiger partial charge in [-0.25, -0.2) is 0 Å². The summed E-state index contributed by atoms with van der Waals surface area (Å²) in [6, 6.07) is 5.39. The number of nitrogens with zero attached hydrogens (tertiary/aromatic N) is 2. The number of methoxy groups -OCH3 is 2. The minimum Gasteiger partial charge on any atom is -0.497 e. The predicted octanol–water partition coefficient (Wildman–Crippen LogP) is 2.46. The van der Waals surface area contributed by atoms with E-state index in [4.69, 9.17) is 14.0 Å². The lowest BCUT2D eigenvalue weighted by atomic mass is 10.1. The number of ether oxygens (including phenoxy) is 2. The van der Waals surface area contributed by atoms with Gasteiger partial charge in [-0.2, -0.15) is 4.98 Å². The van der Waals surface area contributed by atoms with E-state index in [2.05, 4.69) is 15.5 Å². The fraction of sp³-hybridized carbons (Fsp3) is 0.471. The Kier molecular flexibility index (Phi) is 6.17. The Hall–Kier alpha value is -2.57. The minimum atomic E-state index is 0.0299. The Bertz CT molecular complexity index is 660. The van der Waals surface area contributed by atoms with Crippen LogP contribution in [0.2, 0.25) is 0 Å². The highest BCUT2D eigenvalue weighted by Crippen LogP contribution is 2.28. The van der Waals surface area contributed by atoms with Gasteiger partial charge in [0.1, 0.15) is 11.5 Å². The molecule has 1 amide bonds. The van der Waals surface area contributed by atoms with Gasteiger partial charge in [0.15, 0.2) is 0 Å². The van der Waals surface area contributed by atoms with E-state index < -0.39 is 0 Å². The van der Waals surface area contributed by atoms with Crippen LogP contribution in [0.5, 0.6) is 11.5 Å². The van der Waals surface area contributed by atoms with Crippen molar-refractivity contribution < 1.29 is 18.8 Å². The number of aromatic nitrogens is 2. The molecule has 0 aliphatic rings. The van der Waals surface area contributed by atoms with Gasteiger partial charge in [-0.3, -0.25) is 4.79 Å². The quantitative estimate of drug-likeness (QED) is 0.798. The lowest BCUT2D eigenvalue weighted by Crippen LogP contribution is -2.26. The maximum atomic E-state index is 11.6. The zero-order valence-corrected chi connectivity index (χ0v) is 14.5. The van der Waals surface area contributed by atoms with Crippen LogP contribution in [0.1, 0.15) is 26.2 Å². The molecule has 0 atom stereocenters. The second-order valence-corrected chi connectivity index (χ2v) is 5.81. The van der Waals surface area contributed by atoms with Crippen LogP contribution in [0.3, 0.4) is 0 Å². The first-order valence-electron chi connectivity index (χ1n) is 7.84. The summed E-state index contributed by atoms with van der Waals surface area (Å²) in [6.45, 7) is 4.48. The van der Waals surface area contributed by atoms with Gasteiger partial charge in [-0.1, -0.05) is 19.0 Å². The summed E-state index contributed by atoms with van der Waals surface area (Å²) in [7, 11) is 3.17. The Morgan fingerprint density at radius 2 is 1.88 bits per heavy atom. The number of carbonyl (C=O) groups excluding carboxylic acids is 1. The van der Waals surface area contributed by atoms with Crippen LogP contribution in [-0.4, -0.2) is 36.8 Å². The summed E-state index contributed by atoms with van der Waals surface area (Å²) in [5.41, 5.74) is 0.741. The molecule has 0 bridgehead atoms. The van der Waals surface area contributed by atoms with E-state index in [1.807, 2.05) is 26.0 Å². The molecule has 0 saturated heterocycles. The van der Waals surface area contributed by atoms with Crippen molar-refractivity contribution in [3.63, 3.8) is 0 Å². The molecule has 0 aliphatic carbocycles. The fourth-order valence-corrected chi connectivity index (χ4v) is 2.16. The molecule has 7 nitrogen and oxygen atoms in total. The number of hydrogen-bond donors (Lipinski definition) is 1. The Balaban J connectivity index is 1.99. The maximum absolute atomic E-state index is 11.6. The van der Waals surface area contributed by atoms with Crippen LogP contribution in [0.25, 0.3) is 11.4 Å². The monoisotopic (exact) mass is 333 g/mol. The third kappa shape index (κ3) is 4.97. The van der Waals surface area contributed by atoms with E-state index in [1.165, 1.54) is 0 Å². The number of rotatable bonds is 8. The average molecular weight is 333 g/mol. The van der Waals surface area contributed by atoms with Gasteiger partial charge >= 0.3 is 0 Å². The van der Waals surface area contributed by atoms with Gasteiger partial charge < -0.3 is 19.3 Å². The highest BCUT2D eigenvalue weighted by molar-refractivity contribution is 5.76. The molecule has 0 fully saturated rings. The average Bonchev–Trinajstić information content (AvgIpc) is 3.02. The Morgan fingerprint density at radius 3 is 2.46 bits per heavy atom. The predicted molar refractivity (Wildman–Crippen MR) is 89.0 cm³/mol. The van der Waals surface area contributed by atoms with Gasteiger partial charge in [0.05, 0.1) is 14.2 Å². The smallest absolute Gasteiger partial charge is 0.228 e. The number of benzene rings is 1. The highest BCUT2D eigenvalue weighted by Gasteiger charge is 2.12. The molecule has 130 valence electrons. The topological polar surface area (TPSA) is 86.5 Å². The summed E-state index contributed by atoms with van der Waals surface area (Å²) >= 11 is 0. The van der Waals surface area contributed by atoms with Crippen molar-refractivity contribution in [2.24, 2.45) is 5.92 Å². The second kappa shape index (κ2) is 8.33. The van der Waals surface area contributed by atoms with E-state index in [-0.39, 0.29) is 5.91 Å². The molecule has 24 heavy (non-hydrogen) atoms. The van der Waals surface area contributed by atoms with E-state index >= 15 is 0 Å². The van der Waals surface area contributed by atoms with Crippen molar-refractivity contribution in [3.8, 4) is 22.9 Å². The zero-order valence-electron chi connectivity index (χ0n) is 14.5. The van der Waals surface area contributed by atoms with Crippen molar-refractivity contribution in [2.75, 3.05) is 20.8 Å². The van der Waals surface area contributed by atoms with Gasteiger partial charge in [0, 0.05) is 31.0 Å². The summed E-state index contributed by atoms with van der Waals surface area (Å²) in [4.78, 5) is 16.0. The SMILES string of the molecule is COc1cc(OC)cc(-c2noc(CCNC(=O)CC(C)C)n2)c1. The van der Waals surface area contributed by atoms with Crippen LogP contribution in [0, 0.1) is 5.92 Å². The van der Waals surface area contributed by atoms with Crippen molar-refractivity contribution in [3.05, 3.63) is 24.1 Å². The third-order valence-corrected chi connectivity index (χ3v) is 3.33. The number of hydrogen-bond acceptors (Lipinski definition) is 6. The van der Waals surface area contributed by atoms with Crippen molar-refractivity contribution in [1.82, 2.24) is 15.5 Å². The first-order valence-corrected chi connectivity index (χ1v) is 7.84. The largest absolute Gasteiger partial charge is 0.497 e. The first-order chi connectivity index (χ1) is 11.5. The fourth-order valence-electron chi connectivity index (χ4n) is 2.16. The Morgan fingerprint density at radius 1 is 1.21 bits per heavy atom. The van der Waals surface area contributed by atoms with Crippen LogP contribution in [-0.2, 0) is 11.2 Å². The van der Waals surface area contributed by atoms with Crippen LogP contribution in [0.15, 0.2) is 22.7 Å². The van der Waals surface area contributed by atoms with Crippen LogP contribution < -0.4 is 14.8 Å². The number of nitrogens with one attached hydrogen (secondary N) is 1. The molecule has 2 aromatic rings. The molecule has 1 aromatic heterocycles. The van der Waals surface area contributed by atoms with E-state index in [9.17, 15) is 4.79 Å². The lowest BCUT2D eigenvalue weighted by Gasteiger charge is -2.06. The van der Waals surface area contributed by atoms with Gasteiger partial charge in [-0.05, 0) is 18.1 Å². The summed E-state index contributed by atoms with van der Waals surface area (Å²) < 4.78 is 15.7. The standard InChI is InChI=1S/C17H23N3O4/c1-11(2)7-15(21)18-6-5-16-19-17(20-24-16)12-8-13(22-3)10-14(9-12)23-4/h8-11H,5-7H2,1-4H3,(H,18,21). The molecule has 0 unspecified atom stereocenters. The first kappa shape index (κ1) is 17.8. The van der Waals surface area contributed by atoms with Crippen LogP contribution in [0.4, 0.5) is 0 Å². The van der Waals surface area contributed by atoms with Gasteiger partial charge in [0.25, 0.3) is 0 Å². The van der Waals surface area contributed by atoms with Crippen LogP contribution >= 0.6 is 0 Å². The minimum absolute atomic E-state index is 0.0299. The molecule has 0 spiro atoms. The summed E-state index contributed by atoms with van der Waals surface area (Å²) in [6.07, 6.45) is 0.997. The van der Waals surface area contributed by atoms with E-state index in [1.54, 1.807) is 20.3 Å².